The highest BCUT2D eigenvalue weighted by Crippen LogP contribution is 2.34. The molecule has 2 aromatic heterocycles. The van der Waals surface area contributed by atoms with E-state index in [1.165, 1.54) is 18.3 Å². The van der Waals surface area contributed by atoms with Crippen LogP contribution in [0.15, 0.2) is 24.5 Å². The van der Waals surface area contributed by atoms with E-state index in [2.05, 4.69) is 15.4 Å². The lowest BCUT2D eigenvalue weighted by Crippen LogP contribution is -2.40. The van der Waals surface area contributed by atoms with Crippen LogP contribution in [0, 0.1) is 0 Å². The summed E-state index contributed by atoms with van der Waals surface area (Å²) in [6, 6.07) is 2.46. The average molecular weight is 390 g/mol. The number of amides is 1. The minimum Gasteiger partial charge on any atom is -0.348 e. The van der Waals surface area contributed by atoms with Gasteiger partial charge in [-0.1, -0.05) is 31.4 Å². The van der Waals surface area contributed by atoms with Gasteiger partial charge in [-0.15, -0.1) is 0 Å². The molecule has 0 aliphatic carbocycles. The maximum absolute atomic E-state index is 13.6. The van der Waals surface area contributed by atoms with E-state index in [0.29, 0.717) is 11.1 Å². The van der Waals surface area contributed by atoms with Gasteiger partial charge >= 0.3 is 6.18 Å². The fraction of sp³-hybridized carbons (Fsp3) is 0.438. The molecule has 2 rings (SSSR count). The first kappa shape index (κ1) is 20.2. The Balaban J connectivity index is 2.41. The molecule has 6 nitrogen and oxygen atoms in total. The van der Waals surface area contributed by atoms with Crippen LogP contribution in [-0.2, 0) is 6.18 Å². The zero-order valence-corrected chi connectivity index (χ0v) is 14.8. The summed E-state index contributed by atoms with van der Waals surface area (Å²) in [5.74, 6) is -1.09. The number of carbonyl (C=O) groups is 1. The summed E-state index contributed by atoms with van der Waals surface area (Å²) in [5.41, 5.74) is 3.76. The maximum atomic E-state index is 13.6. The van der Waals surface area contributed by atoms with Crippen LogP contribution in [0.3, 0.4) is 0 Å². The summed E-state index contributed by atoms with van der Waals surface area (Å²) < 4.78 is 41.3. The van der Waals surface area contributed by atoms with Gasteiger partial charge < -0.3 is 11.1 Å². The SMILES string of the molecule is CCCC[C@@H](CN)NC(=O)c1cnn(-c2ncccc2Cl)c1C(F)(F)F. The van der Waals surface area contributed by atoms with Gasteiger partial charge in [0.2, 0.25) is 0 Å². The Kier molecular flexibility index (Phi) is 6.60. The zero-order valence-electron chi connectivity index (χ0n) is 14.1. The fourth-order valence-electron chi connectivity index (χ4n) is 2.44. The van der Waals surface area contributed by atoms with Crippen LogP contribution in [0.4, 0.5) is 13.2 Å². The Labute approximate surface area is 153 Å². The number of hydrogen-bond donors (Lipinski definition) is 2. The Morgan fingerprint density at radius 3 is 2.77 bits per heavy atom. The first-order valence-corrected chi connectivity index (χ1v) is 8.44. The summed E-state index contributed by atoms with van der Waals surface area (Å²) in [6.07, 6.45) is -0.409. The first-order chi connectivity index (χ1) is 12.3. The van der Waals surface area contributed by atoms with Gasteiger partial charge in [-0.2, -0.15) is 18.3 Å². The number of nitrogens with two attached hydrogens (primary N) is 1. The van der Waals surface area contributed by atoms with E-state index in [1.807, 2.05) is 6.92 Å². The molecule has 0 aliphatic heterocycles. The molecule has 0 aromatic carbocycles. The van der Waals surface area contributed by atoms with Gasteiger partial charge in [0.15, 0.2) is 11.5 Å². The molecule has 10 heteroatoms. The van der Waals surface area contributed by atoms with Crippen molar-refractivity contribution in [3.05, 3.63) is 40.8 Å². The van der Waals surface area contributed by atoms with E-state index in [1.54, 1.807) is 0 Å². The van der Waals surface area contributed by atoms with E-state index in [9.17, 15) is 18.0 Å². The summed E-state index contributed by atoms with van der Waals surface area (Å²) in [4.78, 5) is 16.2. The molecule has 0 spiro atoms. The van der Waals surface area contributed by atoms with Gasteiger partial charge in [0, 0.05) is 18.8 Å². The van der Waals surface area contributed by atoms with Gasteiger partial charge in [-0.25, -0.2) is 9.67 Å². The van der Waals surface area contributed by atoms with Crippen LogP contribution in [0.25, 0.3) is 5.82 Å². The largest absolute Gasteiger partial charge is 0.434 e. The van der Waals surface area contributed by atoms with Crippen LogP contribution < -0.4 is 11.1 Å². The van der Waals surface area contributed by atoms with Crippen molar-refractivity contribution in [1.29, 1.82) is 0 Å². The molecule has 1 amide bonds. The molecule has 2 aromatic rings. The van der Waals surface area contributed by atoms with Crippen molar-refractivity contribution in [2.45, 2.75) is 38.4 Å². The second-order valence-corrected chi connectivity index (χ2v) is 6.08. The monoisotopic (exact) mass is 389 g/mol. The van der Waals surface area contributed by atoms with Gasteiger partial charge in [-0.05, 0) is 18.6 Å². The van der Waals surface area contributed by atoms with Gasteiger partial charge in [0.05, 0.1) is 16.8 Å². The maximum Gasteiger partial charge on any atom is 0.434 e. The topological polar surface area (TPSA) is 85.8 Å². The van der Waals surface area contributed by atoms with E-state index in [-0.39, 0.29) is 17.4 Å². The van der Waals surface area contributed by atoms with E-state index < -0.39 is 29.4 Å². The average Bonchev–Trinajstić information content (AvgIpc) is 3.04. The lowest BCUT2D eigenvalue weighted by Gasteiger charge is -2.17. The molecule has 0 saturated heterocycles. The van der Waals surface area contributed by atoms with Gasteiger partial charge in [0.25, 0.3) is 5.91 Å². The van der Waals surface area contributed by atoms with Gasteiger partial charge in [-0.3, -0.25) is 4.79 Å². The third-order valence-corrected chi connectivity index (χ3v) is 4.04. The number of nitrogens with zero attached hydrogens (tertiary/aromatic N) is 3. The molecule has 0 saturated carbocycles. The zero-order chi connectivity index (χ0) is 19.3. The number of carbonyl (C=O) groups excluding carboxylic acids is 1. The van der Waals surface area contributed by atoms with Crippen molar-refractivity contribution in [2.75, 3.05) is 6.54 Å². The number of rotatable bonds is 7. The van der Waals surface area contributed by atoms with Crippen molar-refractivity contribution >= 4 is 17.5 Å². The first-order valence-electron chi connectivity index (χ1n) is 8.06. The number of aromatic nitrogens is 3. The summed E-state index contributed by atoms with van der Waals surface area (Å²) in [7, 11) is 0. The number of nitrogens with one attached hydrogen (secondary N) is 1. The van der Waals surface area contributed by atoms with Crippen molar-refractivity contribution in [3.8, 4) is 5.82 Å². The van der Waals surface area contributed by atoms with Crippen LogP contribution in [-0.4, -0.2) is 33.3 Å². The van der Waals surface area contributed by atoms with E-state index in [0.717, 1.165) is 19.0 Å². The number of pyridine rings is 1. The molecular weight excluding hydrogens is 371 g/mol. The fourth-order valence-corrected chi connectivity index (χ4v) is 2.65. The second kappa shape index (κ2) is 8.50. The van der Waals surface area contributed by atoms with Crippen molar-refractivity contribution in [3.63, 3.8) is 0 Å². The Bertz CT molecular complexity index is 763. The molecule has 0 bridgehead atoms. The molecule has 26 heavy (non-hydrogen) atoms. The Hall–Kier alpha value is -2.13. The molecule has 0 aliphatic rings. The normalized spacial score (nSPS) is 12.8. The van der Waals surface area contributed by atoms with Crippen molar-refractivity contribution in [1.82, 2.24) is 20.1 Å². The van der Waals surface area contributed by atoms with Crippen LogP contribution in [0.2, 0.25) is 5.02 Å². The molecule has 0 radical (unpaired) electrons. The number of hydrogen-bond acceptors (Lipinski definition) is 4. The van der Waals surface area contributed by atoms with Crippen LogP contribution in [0.5, 0.6) is 0 Å². The van der Waals surface area contributed by atoms with Crippen LogP contribution >= 0.6 is 11.6 Å². The lowest BCUT2D eigenvalue weighted by atomic mass is 10.1. The standard InChI is InChI=1S/C16H19ClF3N5O/c1-2-3-5-10(8-21)24-15(26)11-9-23-25(13(11)16(18,19)20)14-12(17)6-4-7-22-14/h4,6-7,9-10H,2-3,5,8,21H2,1H3,(H,24,26)/t10-/m0/s1. The molecule has 1 atom stereocenters. The molecular formula is C16H19ClF3N5O. The Morgan fingerprint density at radius 2 is 2.19 bits per heavy atom. The molecule has 0 unspecified atom stereocenters. The molecule has 142 valence electrons. The summed E-state index contributed by atoms with van der Waals surface area (Å²) in [5, 5.41) is 6.21. The summed E-state index contributed by atoms with van der Waals surface area (Å²) in [6.45, 7) is 2.10. The highest BCUT2D eigenvalue weighted by molar-refractivity contribution is 6.32. The predicted molar refractivity (Wildman–Crippen MR) is 91.2 cm³/mol. The Morgan fingerprint density at radius 1 is 1.46 bits per heavy atom. The molecule has 0 fully saturated rings. The quantitative estimate of drug-likeness (QED) is 0.761. The smallest absolute Gasteiger partial charge is 0.348 e. The number of alkyl halides is 3. The van der Waals surface area contributed by atoms with E-state index in [4.69, 9.17) is 17.3 Å². The highest BCUT2D eigenvalue weighted by atomic mass is 35.5. The third-order valence-electron chi connectivity index (χ3n) is 3.75. The second-order valence-electron chi connectivity index (χ2n) is 5.67. The van der Waals surface area contributed by atoms with Crippen LogP contribution in [0.1, 0.15) is 42.2 Å². The van der Waals surface area contributed by atoms with Crippen molar-refractivity contribution < 1.29 is 18.0 Å². The highest BCUT2D eigenvalue weighted by Gasteiger charge is 2.41. The third kappa shape index (κ3) is 4.53. The summed E-state index contributed by atoms with van der Waals surface area (Å²) >= 11 is 5.93. The van der Waals surface area contributed by atoms with Gasteiger partial charge in [0.1, 0.15) is 0 Å². The predicted octanol–water partition coefficient (Wildman–Crippen LogP) is 3.19. The molecule has 2 heterocycles. The lowest BCUT2D eigenvalue weighted by molar-refractivity contribution is -0.143. The number of halogens is 4. The van der Waals surface area contributed by atoms with E-state index >= 15 is 0 Å². The van der Waals surface area contributed by atoms with Crippen molar-refractivity contribution in [2.24, 2.45) is 5.73 Å². The number of unbranched alkanes of at least 4 members (excludes halogenated alkanes) is 1. The molecule has 3 N–H and O–H groups in total. The minimum atomic E-state index is -4.83. The minimum absolute atomic E-state index is 0.0177.